The molecule has 160 valence electrons. The van der Waals surface area contributed by atoms with E-state index in [4.69, 9.17) is 9.68 Å². The van der Waals surface area contributed by atoms with Crippen molar-refractivity contribution in [3.05, 3.63) is 98.7 Å². The van der Waals surface area contributed by atoms with Crippen LogP contribution in [0.3, 0.4) is 0 Å². The summed E-state index contributed by atoms with van der Waals surface area (Å²) in [6.45, 7) is 5.54. The van der Waals surface area contributed by atoms with Crippen LogP contribution in [-0.2, 0) is 6.61 Å². The molecule has 1 aromatic heterocycles. The summed E-state index contributed by atoms with van der Waals surface area (Å²) in [4.78, 5) is 13.2. The van der Waals surface area contributed by atoms with Gasteiger partial charge >= 0.3 is 0 Å². The van der Waals surface area contributed by atoms with Crippen LogP contribution < -0.4 is 10.7 Å². The molecule has 0 aliphatic rings. The number of anilines is 1. The third kappa shape index (κ3) is 3.89. The molecular formula is C27H24N2O3. The van der Waals surface area contributed by atoms with Crippen LogP contribution in [0.5, 0.6) is 0 Å². The third-order valence-electron chi connectivity index (χ3n) is 5.67. The maximum absolute atomic E-state index is 13.2. The molecule has 0 saturated heterocycles. The molecule has 3 aromatic carbocycles. The van der Waals surface area contributed by atoms with Crippen molar-refractivity contribution in [2.45, 2.75) is 33.4 Å². The number of rotatable bonds is 5. The van der Waals surface area contributed by atoms with Crippen molar-refractivity contribution in [1.29, 1.82) is 5.26 Å². The van der Waals surface area contributed by atoms with Gasteiger partial charge < -0.3 is 14.8 Å². The Balaban J connectivity index is 1.86. The highest BCUT2D eigenvalue weighted by atomic mass is 16.3. The lowest BCUT2D eigenvalue weighted by Gasteiger charge is -2.20. The number of nitrogens with one attached hydrogen (secondary N) is 1. The average Bonchev–Trinajstić information content (AvgIpc) is 2.82. The number of aryl methyl sites for hydroxylation is 1. The number of aliphatic hydroxyl groups is 1. The van der Waals surface area contributed by atoms with Crippen molar-refractivity contribution >= 4 is 16.7 Å². The highest BCUT2D eigenvalue weighted by Gasteiger charge is 2.19. The normalized spacial score (nSPS) is 11.8. The smallest absolute Gasteiger partial charge is 0.196 e. The molecule has 1 atom stereocenters. The molecule has 32 heavy (non-hydrogen) atoms. The minimum Gasteiger partial charge on any atom is -0.455 e. The first-order valence-electron chi connectivity index (χ1n) is 10.5. The Bertz CT molecular complexity index is 1400. The zero-order valence-electron chi connectivity index (χ0n) is 18.3. The summed E-state index contributed by atoms with van der Waals surface area (Å²) in [5.41, 5.74) is 5.59. The van der Waals surface area contributed by atoms with Gasteiger partial charge in [-0.3, -0.25) is 4.79 Å². The van der Waals surface area contributed by atoms with Crippen LogP contribution in [0.15, 0.2) is 69.9 Å². The Hall–Kier alpha value is -3.88. The van der Waals surface area contributed by atoms with Crippen LogP contribution in [0, 0.1) is 25.2 Å². The van der Waals surface area contributed by atoms with Crippen molar-refractivity contribution in [3.8, 4) is 17.4 Å². The second-order valence-corrected chi connectivity index (χ2v) is 7.99. The summed E-state index contributed by atoms with van der Waals surface area (Å²) in [5.74, 6) is 0.565. The third-order valence-corrected chi connectivity index (χ3v) is 5.67. The van der Waals surface area contributed by atoms with Gasteiger partial charge in [0, 0.05) is 27.9 Å². The van der Waals surface area contributed by atoms with Crippen LogP contribution in [-0.4, -0.2) is 5.11 Å². The number of nitriles is 1. The van der Waals surface area contributed by atoms with Crippen LogP contribution in [0.4, 0.5) is 5.69 Å². The van der Waals surface area contributed by atoms with Crippen molar-refractivity contribution in [3.63, 3.8) is 0 Å². The Kier molecular flexibility index (Phi) is 5.81. The average molecular weight is 425 g/mol. The van der Waals surface area contributed by atoms with E-state index in [1.165, 1.54) is 0 Å². The maximum atomic E-state index is 13.2. The highest BCUT2D eigenvalue weighted by Crippen LogP contribution is 2.32. The minimum atomic E-state index is -0.217. The van der Waals surface area contributed by atoms with E-state index in [2.05, 4.69) is 11.4 Å². The molecule has 0 radical (unpaired) electrons. The van der Waals surface area contributed by atoms with E-state index in [1.54, 1.807) is 25.1 Å². The molecule has 5 nitrogen and oxygen atoms in total. The van der Waals surface area contributed by atoms with Crippen LogP contribution >= 0.6 is 0 Å². The topological polar surface area (TPSA) is 86.3 Å². The summed E-state index contributed by atoms with van der Waals surface area (Å²) in [6.07, 6.45) is 0. The molecule has 4 aromatic rings. The summed E-state index contributed by atoms with van der Waals surface area (Å²) in [5, 5.41) is 22.8. The lowest BCUT2D eigenvalue weighted by molar-refractivity contribution is 0.282. The van der Waals surface area contributed by atoms with E-state index in [9.17, 15) is 9.90 Å². The van der Waals surface area contributed by atoms with E-state index in [1.807, 2.05) is 56.3 Å². The van der Waals surface area contributed by atoms with Gasteiger partial charge in [0.25, 0.3) is 0 Å². The van der Waals surface area contributed by atoms with Gasteiger partial charge in [0.2, 0.25) is 0 Å². The summed E-state index contributed by atoms with van der Waals surface area (Å²) >= 11 is 0. The Morgan fingerprint density at radius 3 is 2.53 bits per heavy atom. The van der Waals surface area contributed by atoms with Gasteiger partial charge in [-0.25, -0.2) is 0 Å². The van der Waals surface area contributed by atoms with Gasteiger partial charge in [-0.1, -0.05) is 36.4 Å². The van der Waals surface area contributed by atoms with E-state index in [0.29, 0.717) is 33.4 Å². The Morgan fingerprint density at radius 1 is 1.09 bits per heavy atom. The molecule has 0 spiro atoms. The quantitative estimate of drug-likeness (QED) is 0.435. The first kappa shape index (κ1) is 21.4. The molecule has 0 aliphatic heterocycles. The van der Waals surface area contributed by atoms with Crippen molar-refractivity contribution in [2.75, 3.05) is 5.32 Å². The summed E-state index contributed by atoms with van der Waals surface area (Å²) in [7, 11) is 0. The molecule has 5 heteroatoms. The number of nitrogens with zero attached hydrogens (tertiary/aromatic N) is 1. The fourth-order valence-corrected chi connectivity index (χ4v) is 4.00. The zero-order valence-corrected chi connectivity index (χ0v) is 18.3. The first-order valence-corrected chi connectivity index (χ1v) is 10.5. The van der Waals surface area contributed by atoms with Gasteiger partial charge in [0.1, 0.15) is 11.3 Å². The van der Waals surface area contributed by atoms with Crippen molar-refractivity contribution < 1.29 is 9.52 Å². The predicted octanol–water partition coefficient (Wildman–Crippen LogP) is 5.61. The lowest BCUT2D eigenvalue weighted by Crippen LogP contribution is -2.13. The van der Waals surface area contributed by atoms with Gasteiger partial charge in [0.05, 0.1) is 29.7 Å². The molecule has 4 rings (SSSR count). The second-order valence-electron chi connectivity index (χ2n) is 7.99. The van der Waals surface area contributed by atoms with Gasteiger partial charge in [0.15, 0.2) is 5.43 Å². The van der Waals surface area contributed by atoms with E-state index in [-0.39, 0.29) is 18.1 Å². The zero-order chi connectivity index (χ0) is 22.8. The van der Waals surface area contributed by atoms with E-state index >= 15 is 0 Å². The molecule has 0 bridgehead atoms. The molecule has 0 unspecified atom stereocenters. The molecule has 1 heterocycles. The fourth-order valence-electron chi connectivity index (χ4n) is 4.00. The number of aliphatic hydroxyl groups excluding tert-OH is 1. The SMILES string of the molecule is Cc1cc([C@@H](C)Nc2ccc(C#N)cc2CO)c2oc(-c3ccccc3)c(C)c(=O)c2c1. The molecular weight excluding hydrogens is 400 g/mol. The lowest BCUT2D eigenvalue weighted by atomic mass is 9.98. The van der Waals surface area contributed by atoms with Gasteiger partial charge in [-0.15, -0.1) is 0 Å². The monoisotopic (exact) mass is 424 g/mol. The van der Waals surface area contributed by atoms with Crippen LogP contribution in [0.1, 0.15) is 40.8 Å². The minimum absolute atomic E-state index is 0.0447. The maximum Gasteiger partial charge on any atom is 0.196 e. The largest absolute Gasteiger partial charge is 0.455 e. The first-order chi connectivity index (χ1) is 15.4. The van der Waals surface area contributed by atoms with Gasteiger partial charge in [-0.05, 0) is 50.6 Å². The Morgan fingerprint density at radius 2 is 1.84 bits per heavy atom. The van der Waals surface area contributed by atoms with Crippen LogP contribution in [0.25, 0.3) is 22.3 Å². The molecule has 0 aliphatic carbocycles. The number of benzene rings is 3. The Labute approximate surface area is 186 Å². The molecule has 0 saturated carbocycles. The van der Waals surface area contributed by atoms with Crippen LogP contribution in [0.2, 0.25) is 0 Å². The van der Waals surface area contributed by atoms with E-state index in [0.717, 1.165) is 22.4 Å². The molecule has 2 N–H and O–H groups in total. The highest BCUT2D eigenvalue weighted by molar-refractivity contribution is 5.84. The summed E-state index contributed by atoms with van der Waals surface area (Å²) < 4.78 is 6.37. The molecule has 0 fully saturated rings. The fraction of sp³-hybridized carbons (Fsp3) is 0.185. The summed E-state index contributed by atoms with van der Waals surface area (Å²) in [6, 6.07) is 20.5. The number of fused-ring (bicyclic) bond motifs is 1. The standard InChI is InChI=1S/C27H24N2O3/c1-16-11-22(18(3)29-24-10-9-19(14-28)13-21(24)15-30)27-23(12-16)25(31)17(2)26(32-27)20-7-5-4-6-8-20/h4-13,18,29-30H,15H2,1-3H3/t18-/m1/s1. The van der Waals surface area contributed by atoms with Gasteiger partial charge in [-0.2, -0.15) is 5.26 Å². The molecule has 0 amide bonds. The number of hydrogen-bond donors (Lipinski definition) is 2. The van der Waals surface area contributed by atoms with Crippen molar-refractivity contribution in [1.82, 2.24) is 0 Å². The predicted molar refractivity (Wildman–Crippen MR) is 127 cm³/mol. The van der Waals surface area contributed by atoms with Crippen molar-refractivity contribution in [2.24, 2.45) is 0 Å². The number of hydrogen-bond acceptors (Lipinski definition) is 5. The van der Waals surface area contributed by atoms with E-state index < -0.39 is 0 Å². The second kappa shape index (κ2) is 8.70.